The van der Waals surface area contributed by atoms with Crippen molar-refractivity contribution in [2.45, 2.75) is 32.1 Å². The second-order valence-electron chi connectivity index (χ2n) is 5.94. The van der Waals surface area contributed by atoms with Crippen LogP contribution in [0.5, 0.6) is 5.75 Å². The van der Waals surface area contributed by atoms with Crippen molar-refractivity contribution in [1.82, 2.24) is 0 Å². The van der Waals surface area contributed by atoms with Gasteiger partial charge in [0, 0.05) is 6.21 Å². The molecule has 2 rings (SSSR count). The van der Waals surface area contributed by atoms with Gasteiger partial charge in [0.1, 0.15) is 23.3 Å². The molecule has 0 bridgehead atoms. The van der Waals surface area contributed by atoms with Gasteiger partial charge in [-0.3, -0.25) is 0 Å². The van der Waals surface area contributed by atoms with Crippen LogP contribution in [0.25, 0.3) is 0 Å². The molecule has 0 amide bonds. The molecule has 0 N–H and O–H groups in total. The zero-order valence-electron chi connectivity index (χ0n) is 13.2. The Morgan fingerprint density at radius 2 is 1.68 bits per heavy atom. The van der Waals surface area contributed by atoms with Crippen molar-refractivity contribution in [3.63, 3.8) is 0 Å². The third-order valence-corrected chi connectivity index (χ3v) is 4.29. The number of ether oxygens (including phenoxy) is 1. The Morgan fingerprint density at radius 3 is 2.27 bits per heavy atom. The molecule has 0 aromatic heterocycles. The van der Waals surface area contributed by atoms with E-state index in [1.54, 1.807) is 6.21 Å². The van der Waals surface area contributed by atoms with Gasteiger partial charge in [0.15, 0.2) is 0 Å². The van der Waals surface area contributed by atoms with Crippen molar-refractivity contribution in [2.24, 2.45) is 4.40 Å². The summed E-state index contributed by atoms with van der Waals surface area (Å²) in [6, 6.07) is 17.6. The fraction of sp³-hybridized carbons (Fsp3) is 0.278. The minimum atomic E-state index is -1.23. The molecule has 0 radical (unpaired) electrons. The Bertz CT molecular complexity index is 643. The fourth-order valence-electron chi connectivity index (χ4n) is 1.66. The van der Waals surface area contributed by atoms with Gasteiger partial charge in [0.2, 0.25) is 0 Å². The van der Waals surface area contributed by atoms with Crippen LogP contribution < -0.4 is 4.74 Å². The van der Waals surface area contributed by atoms with Gasteiger partial charge in [-0.15, -0.1) is 0 Å². The van der Waals surface area contributed by atoms with Crippen LogP contribution in [-0.2, 0) is 17.6 Å². The summed E-state index contributed by atoms with van der Waals surface area (Å²) in [5.41, 5.74) is 2.04. The average Bonchev–Trinajstić information content (AvgIpc) is 2.51. The summed E-state index contributed by atoms with van der Waals surface area (Å²) >= 11 is 0. The molecule has 0 heterocycles. The zero-order valence-corrected chi connectivity index (χ0v) is 14.0. The van der Waals surface area contributed by atoms with Crippen LogP contribution in [-0.4, -0.2) is 15.2 Å². The largest absolute Gasteiger partial charge is 0.489 e. The monoisotopic (exact) mass is 315 g/mol. The van der Waals surface area contributed by atoms with Gasteiger partial charge in [0.25, 0.3) is 0 Å². The smallest absolute Gasteiger partial charge is 0.144 e. The summed E-state index contributed by atoms with van der Waals surface area (Å²) in [5, 5.41) is 0. The lowest BCUT2D eigenvalue weighted by Gasteiger charge is -2.12. The molecule has 116 valence electrons. The zero-order chi connectivity index (χ0) is 16.0. The number of hydrogen-bond donors (Lipinski definition) is 0. The Kier molecular flexibility index (Phi) is 5.50. The van der Waals surface area contributed by atoms with E-state index in [2.05, 4.69) is 4.40 Å². The predicted octanol–water partition coefficient (Wildman–Crippen LogP) is 4.15. The molecule has 4 heteroatoms. The first-order chi connectivity index (χ1) is 10.4. The van der Waals surface area contributed by atoms with E-state index in [0.29, 0.717) is 6.61 Å². The minimum absolute atomic E-state index is 0.338. The summed E-state index contributed by atoms with van der Waals surface area (Å²) in [6.45, 7) is 6.26. The summed E-state index contributed by atoms with van der Waals surface area (Å²) in [7, 11) is -1.23. The molecule has 0 aliphatic heterocycles. The molecule has 2 aromatic carbocycles. The first-order valence-electron chi connectivity index (χ1n) is 7.18. The number of nitrogens with zero attached hydrogens (tertiary/aromatic N) is 1. The summed E-state index contributed by atoms with van der Waals surface area (Å²) in [6.07, 6.45) is 1.64. The van der Waals surface area contributed by atoms with Gasteiger partial charge in [0.05, 0.1) is 4.75 Å². The van der Waals surface area contributed by atoms with Gasteiger partial charge in [-0.2, -0.15) is 4.40 Å². The first kappa shape index (κ1) is 16.4. The van der Waals surface area contributed by atoms with E-state index in [1.807, 2.05) is 75.4 Å². The van der Waals surface area contributed by atoms with Crippen LogP contribution in [0, 0.1) is 0 Å². The molecule has 0 saturated carbocycles. The van der Waals surface area contributed by atoms with E-state index in [-0.39, 0.29) is 4.75 Å². The lowest BCUT2D eigenvalue weighted by atomic mass is 10.2. The third kappa shape index (κ3) is 5.11. The summed E-state index contributed by atoms with van der Waals surface area (Å²) in [5.74, 6) is 0.804. The van der Waals surface area contributed by atoms with E-state index in [0.717, 1.165) is 16.9 Å². The van der Waals surface area contributed by atoms with Crippen LogP contribution in [0.15, 0.2) is 59.0 Å². The average molecular weight is 315 g/mol. The van der Waals surface area contributed by atoms with Crippen LogP contribution in [0.2, 0.25) is 0 Å². The lowest BCUT2D eigenvalue weighted by molar-refractivity contribution is 0.306. The molecule has 22 heavy (non-hydrogen) atoms. The van der Waals surface area contributed by atoms with E-state index in [4.69, 9.17) is 4.74 Å². The third-order valence-electron chi connectivity index (χ3n) is 2.95. The van der Waals surface area contributed by atoms with Crippen molar-refractivity contribution in [2.75, 3.05) is 0 Å². The van der Waals surface area contributed by atoms with Crippen LogP contribution >= 0.6 is 0 Å². The normalized spacial score (nSPS) is 13.2. The van der Waals surface area contributed by atoms with E-state index >= 15 is 0 Å². The molecule has 3 nitrogen and oxygen atoms in total. The van der Waals surface area contributed by atoms with Crippen molar-refractivity contribution < 1.29 is 8.95 Å². The van der Waals surface area contributed by atoms with Crippen molar-refractivity contribution in [1.29, 1.82) is 0 Å². The van der Waals surface area contributed by atoms with E-state index in [1.165, 1.54) is 0 Å². The molecule has 1 unspecified atom stereocenters. The standard InChI is InChI=1S/C18H21NO2S/c1-18(2,3)22(20)19-13-15-9-11-17(12-10-15)21-14-16-7-5-4-6-8-16/h4-13H,14H2,1-3H3/b19-13+. The van der Waals surface area contributed by atoms with Crippen molar-refractivity contribution >= 4 is 17.2 Å². The Labute approximate surface area is 134 Å². The van der Waals surface area contributed by atoms with Gasteiger partial charge in [-0.1, -0.05) is 30.3 Å². The maximum atomic E-state index is 11.9. The number of hydrogen-bond acceptors (Lipinski definition) is 2. The Balaban J connectivity index is 1.93. The quantitative estimate of drug-likeness (QED) is 0.778. The molecule has 2 aromatic rings. The van der Waals surface area contributed by atoms with E-state index in [9.17, 15) is 4.21 Å². The van der Waals surface area contributed by atoms with Crippen LogP contribution in [0.1, 0.15) is 31.9 Å². The maximum absolute atomic E-state index is 11.9. The highest BCUT2D eigenvalue weighted by Crippen LogP contribution is 2.15. The number of rotatable bonds is 5. The summed E-state index contributed by atoms with van der Waals surface area (Å²) < 4.78 is 21.3. The topological polar surface area (TPSA) is 38.7 Å². The molecule has 0 aliphatic carbocycles. The van der Waals surface area contributed by atoms with Crippen LogP contribution in [0.4, 0.5) is 0 Å². The lowest BCUT2D eigenvalue weighted by Crippen LogP contribution is -2.19. The molecule has 0 fully saturated rings. The second kappa shape index (κ2) is 7.36. The highest BCUT2D eigenvalue weighted by molar-refractivity contribution is 7.85. The minimum Gasteiger partial charge on any atom is -0.489 e. The van der Waals surface area contributed by atoms with Gasteiger partial charge in [-0.05, 0) is 56.2 Å². The van der Waals surface area contributed by atoms with Gasteiger partial charge < -0.3 is 4.74 Å². The van der Waals surface area contributed by atoms with Crippen molar-refractivity contribution in [3.8, 4) is 5.75 Å². The van der Waals surface area contributed by atoms with Gasteiger partial charge in [-0.25, -0.2) is 4.21 Å². The molecule has 0 spiro atoms. The molecule has 0 aliphatic rings. The van der Waals surface area contributed by atoms with Crippen LogP contribution in [0.3, 0.4) is 0 Å². The predicted molar refractivity (Wildman–Crippen MR) is 92.7 cm³/mol. The molecular formula is C18H21NO2S. The Hall–Kier alpha value is -1.94. The van der Waals surface area contributed by atoms with Crippen molar-refractivity contribution in [3.05, 3.63) is 65.7 Å². The second-order valence-corrected chi connectivity index (χ2v) is 7.87. The SMILES string of the molecule is CC(C)(C)S(=O)/N=C/c1ccc(OCc2ccccc2)cc1. The molecular weight excluding hydrogens is 294 g/mol. The Morgan fingerprint density at radius 1 is 1.05 bits per heavy atom. The molecule has 0 saturated heterocycles. The highest BCUT2D eigenvalue weighted by Gasteiger charge is 2.17. The summed E-state index contributed by atoms with van der Waals surface area (Å²) in [4.78, 5) is 0. The van der Waals surface area contributed by atoms with Gasteiger partial charge >= 0.3 is 0 Å². The maximum Gasteiger partial charge on any atom is 0.144 e. The first-order valence-corrected chi connectivity index (χ1v) is 8.29. The fourth-order valence-corrected chi connectivity index (χ4v) is 2.19. The molecule has 1 atom stereocenters. The highest BCUT2D eigenvalue weighted by atomic mass is 32.2. The number of benzene rings is 2. The van der Waals surface area contributed by atoms with E-state index < -0.39 is 11.0 Å².